The van der Waals surface area contributed by atoms with Gasteiger partial charge < -0.3 is 20.3 Å². The van der Waals surface area contributed by atoms with Crippen molar-refractivity contribution < 1.29 is 19.1 Å². The average Bonchev–Trinajstić information content (AvgIpc) is 3.10. The minimum absolute atomic E-state index is 0.0189. The highest BCUT2D eigenvalue weighted by Crippen LogP contribution is 2.28. The molecule has 2 aromatic rings. The van der Waals surface area contributed by atoms with E-state index in [2.05, 4.69) is 10.6 Å². The predicted molar refractivity (Wildman–Crippen MR) is 120 cm³/mol. The van der Waals surface area contributed by atoms with E-state index >= 15 is 0 Å². The Balaban J connectivity index is 1.68. The maximum atomic E-state index is 12.9. The van der Waals surface area contributed by atoms with Crippen LogP contribution in [0.5, 0.6) is 5.75 Å². The van der Waals surface area contributed by atoms with Crippen molar-refractivity contribution in [1.29, 1.82) is 0 Å². The molecule has 0 aromatic heterocycles. The first-order valence-electron chi connectivity index (χ1n) is 10.5. The van der Waals surface area contributed by atoms with Gasteiger partial charge in [-0.2, -0.15) is 0 Å². The van der Waals surface area contributed by atoms with E-state index in [4.69, 9.17) is 4.74 Å². The molecule has 164 valence electrons. The van der Waals surface area contributed by atoms with Gasteiger partial charge in [-0.1, -0.05) is 12.1 Å². The van der Waals surface area contributed by atoms with Crippen LogP contribution >= 0.6 is 0 Å². The van der Waals surface area contributed by atoms with Gasteiger partial charge in [0, 0.05) is 24.7 Å². The number of carbonyl (C=O) groups excluding carboxylic acids is 3. The van der Waals surface area contributed by atoms with Gasteiger partial charge in [0.25, 0.3) is 5.91 Å². The summed E-state index contributed by atoms with van der Waals surface area (Å²) in [4.78, 5) is 39.5. The molecule has 1 aliphatic rings. The van der Waals surface area contributed by atoms with Crippen LogP contribution in [-0.4, -0.2) is 36.4 Å². The zero-order chi connectivity index (χ0) is 22.5. The van der Waals surface area contributed by atoms with Gasteiger partial charge in [-0.05, 0) is 64.1 Å². The smallest absolute Gasteiger partial charge is 0.253 e. The van der Waals surface area contributed by atoms with E-state index in [-0.39, 0.29) is 42.8 Å². The van der Waals surface area contributed by atoms with Crippen molar-refractivity contribution in [2.24, 2.45) is 5.92 Å². The summed E-state index contributed by atoms with van der Waals surface area (Å²) < 4.78 is 5.64. The van der Waals surface area contributed by atoms with Crippen molar-refractivity contribution in [3.8, 4) is 5.75 Å². The fourth-order valence-electron chi connectivity index (χ4n) is 3.47. The number of rotatable bonds is 7. The molecule has 31 heavy (non-hydrogen) atoms. The van der Waals surface area contributed by atoms with E-state index in [9.17, 15) is 14.4 Å². The van der Waals surface area contributed by atoms with E-state index in [1.54, 1.807) is 29.2 Å². The first kappa shape index (κ1) is 22.3. The highest BCUT2D eigenvalue weighted by atomic mass is 16.5. The summed E-state index contributed by atoms with van der Waals surface area (Å²) in [5.74, 6) is -0.404. The van der Waals surface area contributed by atoms with Crippen molar-refractivity contribution in [1.82, 2.24) is 5.32 Å². The molecule has 2 aromatic carbocycles. The largest absolute Gasteiger partial charge is 0.491 e. The molecular formula is C24H29N3O4. The molecule has 3 rings (SSSR count). The number of hydrogen-bond donors (Lipinski definition) is 2. The average molecular weight is 424 g/mol. The fraction of sp³-hybridized carbons (Fsp3) is 0.375. The van der Waals surface area contributed by atoms with Crippen LogP contribution in [0.2, 0.25) is 0 Å². The molecule has 1 aliphatic heterocycles. The number of nitrogens with zero attached hydrogens (tertiary/aromatic N) is 1. The van der Waals surface area contributed by atoms with Crippen molar-refractivity contribution in [2.75, 3.05) is 16.8 Å². The number of ether oxygens (including phenoxy) is 1. The molecule has 0 bridgehead atoms. The zero-order valence-corrected chi connectivity index (χ0v) is 18.3. The Bertz CT molecular complexity index is 954. The molecule has 0 saturated carbocycles. The number of para-hydroxylation sites is 1. The zero-order valence-electron chi connectivity index (χ0n) is 18.3. The highest BCUT2D eigenvalue weighted by Gasteiger charge is 2.35. The Labute approximate surface area is 182 Å². The van der Waals surface area contributed by atoms with Crippen LogP contribution < -0.4 is 20.3 Å². The Hall–Kier alpha value is -3.35. The van der Waals surface area contributed by atoms with Gasteiger partial charge in [0.1, 0.15) is 5.75 Å². The van der Waals surface area contributed by atoms with Gasteiger partial charge in [-0.25, -0.2) is 0 Å². The van der Waals surface area contributed by atoms with Crippen LogP contribution in [0.25, 0.3) is 0 Å². The van der Waals surface area contributed by atoms with Crippen LogP contribution in [0.4, 0.5) is 11.4 Å². The van der Waals surface area contributed by atoms with Crippen molar-refractivity contribution in [2.45, 2.75) is 46.3 Å². The van der Waals surface area contributed by atoms with Crippen molar-refractivity contribution in [3.05, 3.63) is 54.1 Å². The maximum absolute atomic E-state index is 12.9. The standard InChI is InChI=1S/C24H29N3O4/c1-15(2)25-24(30)20-7-5-6-8-21(20)26-23(29)17-13-22(28)27(14-17)18-9-11-19(12-10-18)31-16(3)4/h5-12,15-17H,13-14H2,1-4H3,(H,25,30)(H,26,29)/t17-/m0/s1. The minimum Gasteiger partial charge on any atom is -0.491 e. The van der Waals surface area contributed by atoms with Gasteiger partial charge in [-0.3, -0.25) is 14.4 Å². The third kappa shape index (κ3) is 5.63. The fourth-order valence-corrected chi connectivity index (χ4v) is 3.47. The second-order valence-corrected chi connectivity index (χ2v) is 8.23. The lowest BCUT2D eigenvalue weighted by Crippen LogP contribution is -2.32. The first-order valence-corrected chi connectivity index (χ1v) is 10.5. The molecule has 3 amide bonds. The van der Waals surface area contributed by atoms with Crippen LogP contribution in [0.1, 0.15) is 44.5 Å². The number of hydrogen-bond acceptors (Lipinski definition) is 4. The SMILES string of the molecule is CC(C)NC(=O)c1ccccc1NC(=O)[C@H]1CC(=O)N(c2ccc(OC(C)C)cc2)C1. The topological polar surface area (TPSA) is 87.7 Å². The summed E-state index contributed by atoms with van der Waals surface area (Å²) in [6, 6.07) is 14.1. The molecule has 1 fully saturated rings. The van der Waals surface area contributed by atoms with Crippen LogP contribution in [-0.2, 0) is 9.59 Å². The summed E-state index contributed by atoms with van der Waals surface area (Å²) in [6.45, 7) is 7.94. The third-order valence-electron chi connectivity index (χ3n) is 4.87. The Kier molecular flexibility index (Phi) is 6.95. The van der Waals surface area contributed by atoms with E-state index in [1.165, 1.54) is 0 Å². The van der Waals surface area contributed by atoms with Crippen LogP contribution in [0, 0.1) is 5.92 Å². The second-order valence-electron chi connectivity index (χ2n) is 8.23. The van der Waals surface area contributed by atoms with Gasteiger partial charge >= 0.3 is 0 Å². The maximum Gasteiger partial charge on any atom is 0.253 e. The monoisotopic (exact) mass is 423 g/mol. The van der Waals surface area contributed by atoms with E-state index in [1.807, 2.05) is 52.0 Å². The van der Waals surface area contributed by atoms with Crippen molar-refractivity contribution in [3.63, 3.8) is 0 Å². The van der Waals surface area contributed by atoms with Crippen LogP contribution in [0.3, 0.4) is 0 Å². The molecule has 0 aliphatic carbocycles. The Morgan fingerprint density at radius 3 is 2.35 bits per heavy atom. The molecule has 7 heteroatoms. The lowest BCUT2D eigenvalue weighted by molar-refractivity contribution is -0.122. The predicted octanol–water partition coefficient (Wildman–Crippen LogP) is 3.60. The molecular weight excluding hydrogens is 394 g/mol. The second kappa shape index (κ2) is 9.64. The first-order chi connectivity index (χ1) is 14.7. The molecule has 0 radical (unpaired) electrons. The quantitative estimate of drug-likeness (QED) is 0.712. The van der Waals surface area contributed by atoms with Crippen LogP contribution in [0.15, 0.2) is 48.5 Å². The summed E-state index contributed by atoms with van der Waals surface area (Å²) in [5.41, 5.74) is 1.56. The van der Waals surface area contributed by atoms with E-state index in [0.717, 1.165) is 11.4 Å². The summed E-state index contributed by atoms with van der Waals surface area (Å²) in [5, 5.41) is 5.66. The molecule has 1 heterocycles. The Morgan fingerprint density at radius 1 is 1.03 bits per heavy atom. The molecule has 7 nitrogen and oxygen atoms in total. The van der Waals surface area contributed by atoms with Gasteiger partial charge in [0.05, 0.1) is 23.3 Å². The normalized spacial score (nSPS) is 16.0. The van der Waals surface area contributed by atoms with E-state index in [0.29, 0.717) is 11.3 Å². The number of carbonyl (C=O) groups is 3. The molecule has 1 atom stereocenters. The highest BCUT2D eigenvalue weighted by molar-refractivity contribution is 6.07. The van der Waals surface area contributed by atoms with E-state index < -0.39 is 5.92 Å². The summed E-state index contributed by atoms with van der Waals surface area (Å²) in [7, 11) is 0. The van der Waals surface area contributed by atoms with Gasteiger partial charge in [-0.15, -0.1) is 0 Å². The number of anilines is 2. The Morgan fingerprint density at radius 2 is 1.71 bits per heavy atom. The van der Waals surface area contributed by atoms with Crippen molar-refractivity contribution >= 4 is 29.1 Å². The van der Waals surface area contributed by atoms with Gasteiger partial charge in [0.15, 0.2) is 0 Å². The number of amides is 3. The molecule has 2 N–H and O–H groups in total. The lowest BCUT2D eigenvalue weighted by atomic mass is 10.1. The van der Waals surface area contributed by atoms with Gasteiger partial charge in [0.2, 0.25) is 11.8 Å². The summed E-state index contributed by atoms with van der Waals surface area (Å²) in [6.07, 6.45) is 0.189. The lowest BCUT2D eigenvalue weighted by Gasteiger charge is -2.18. The number of benzene rings is 2. The number of nitrogens with one attached hydrogen (secondary N) is 2. The minimum atomic E-state index is -0.500. The molecule has 1 saturated heterocycles. The third-order valence-corrected chi connectivity index (χ3v) is 4.87. The molecule has 0 unspecified atom stereocenters. The summed E-state index contributed by atoms with van der Waals surface area (Å²) >= 11 is 0. The molecule has 0 spiro atoms.